The first-order valence-electron chi connectivity index (χ1n) is 6.05. The minimum absolute atomic E-state index is 0.0303. The normalized spacial score (nSPS) is 11.4. The van der Waals surface area contributed by atoms with Crippen molar-refractivity contribution in [2.45, 2.75) is 18.7 Å². The van der Waals surface area contributed by atoms with Crippen molar-refractivity contribution in [1.29, 1.82) is 0 Å². The molecule has 21 heavy (non-hydrogen) atoms. The number of hydrogen-bond acceptors (Lipinski definition) is 4. The number of nitrogens with zero attached hydrogens (tertiary/aromatic N) is 2. The van der Waals surface area contributed by atoms with Crippen LogP contribution in [-0.2, 0) is 17.1 Å². The predicted molar refractivity (Wildman–Crippen MR) is 80.2 cm³/mol. The number of carbonyl (C=O) groups is 1. The third kappa shape index (κ3) is 3.08. The molecule has 2 aromatic rings. The van der Waals surface area contributed by atoms with Gasteiger partial charge in [0.05, 0.1) is 5.69 Å². The van der Waals surface area contributed by atoms with E-state index >= 15 is 0 Å². The Morgan fingerprint density at radius 1 is 1.38 bits per heavy atom. The van der Waals surface area contributed by atoms with Crippen molar-refractivity contribution in [3.63, 3.8) is 0 Å². The van der Waals surface area contributed by atoms with Crippen LogP contribution in [0.15, 0.2) is 29.2 Å². The summed E-state index contributed by atoms with van der Waals surface area (Å²) in [6.45, 7) is 2.97. The molecule has 0 amide bonds. The van der Waals surface area contributed by atoms with Gasteiger partial charge in [0.1, 0.15) is 10.0 Å². The van der Waals surface area contributed by atoms with Crippen molar-refractivity contribution in [1.82, 2.24) is 9.78 Å². The molecule has 0 bridgehead atoms. The number of ketones is 1. The topological polar surface area (TPSA) is 81.1 Å². The van der Waals surface area contributed by atoms with E-state index < -0.39 is 10.0 Å². The first-order valence-corrected chi connectivity index (χ1v) is 7.91. The maximum Gasteiger partial charge on any atom is 0.266 e. The van der Waals surface area contributed by atoms with Gasteiger partial charge < -0.3 is 0 Å². The summed E-state index contributed by atoms with van der Waals surface area (Å²) in [7, 11) is -2.31. The van der Waals surface area contributed by atoms with Gasteiger partial charge in [0.2, 0.25) is 0 Å². The van der Waals surface area contributed by atoms with Crippen LogP contribution in [0.4, 0.5) is 5.69 Å². The number of hydrogen-bond donors (Lipinski definition) is 1. The monoisotopic (exact) mass is 327 g/mol. The zero-order valence-electron chi connectivity index (χ0n) is 11.7. The highest BCUT2D eigenvalue weighted by atomic mass is 35.5. The molecule has 8 heteroatoms. The van der Waals surface area contributed by atoms with E-state index in [9.17, 15) is 13.2 Å². The maximum atomic E-state index is 12.4. The molecule has 1 N–H and O–H groups in total. The van der Waals surface area contributed by atoms with Gasteiger partial charge in [-0.15, -0.1) is 0 Å². The lowest BCUT2D eigenvalue weighted by molar-refractivity contribution is 0.101. The summed E-state index contributed by atoms with van der Waals surface area (Å²) in [6.07, 6.45) is 0. The van der Waals surface area contributed by atoms with Crippen LogP contribution in [0.3, 0.4) is 0 Å². The molecule has 0 aliphatic rings. The molecule has 0 aliphatic heterocycles. The van der Waals surface area contributed by atoms with E-state index in [1.165, 1.54) is 17.7 Å². The quantitative estimate of drug-likeness (QED) is 0.874. The van der Waals surface area contributed by atoms with E-state index in [-0.39, 0.29) is 15.8 Å². The third-order valence-electron chi connectivity index (χ3n) is 2.89. The minimum Gasteiger partial charge on any atom is -0.295 e. The number of aryl methyl sites for hydroxylation is 2. The van der Waals surface area contributed by atoms with Crippen LogP contribution in [0.1, 0.15) is 23.0 Å². The highest BCUT2D eigenvalue weighted by Gasteiger charge is 2.25. The standard InChI is InChI=1S/C13H14ClN3O3S/c1-8-12(13(14)17(3)15-8)21(19,20)16-11-6-4-5-10(7-11)9(2)18/h4-7,16H,1-3H3. The molecule has 0 unspecified atom stereocenters. The summed E-state index contributed by atoms with van der Waals surface area (Å²) >= 11 is 5.97. The number of aromatic nitrogens is 2. The molecular weight excluding hydrogens is 314 g/mol. The molecule has 1 aromatic carbocycles. The third-order valence-corrected chi connectivity index (χ3v) is 4.97. The summed E-state index contributed by atoms with van der Waals surface area (Å²) in [5.41, 5.74) is 1.02. The van der Waals surface area contributed by atoms with Gasteiger partial charge in [-0.3, -0.25) is 14.2 Å². The lowest BCUT2D eigenvalue weighted by Crippen LogP contribution is -2.14. The van der Waals surface area contributed by atoms with E-state index in [1.807, 2.05) is 0 Å². The number of Topliss-reactive ketones (excluding diaryl/α,β-unsaturated/α-hetero) is 1. The Balaban J connectivity index is 2.42. The lowest BCUT2D eigenvalue weighted by atomic mass is 10.1. The van der Waals surface area contributed by atoms with Gasteiger partial charge in [-0.2, -0.15) is 5.10 Å². The molecule has 112 valence electrons. The molecule has 0 saturated carbocycles. The van der Waals surface area contributed by atoms with Gasteiger partial charge in [-0.1, -0.05) is 23.7 Å². The number of halogens is 1. The fraction of sp³-hybridized carbons (Fsp3) is 0.231. The van der Waals surface area contributed by atoms with E-state index in [2.05, 4.69) is 9.82 Å². The summed E-state index contributed by atoms with van der Waals surface area (Å²) in [4.78, 5) is 11.3. The van der Waals surface area contributed by atoms with Crippen molar-refractivity contribution in [3.8, 4) is 0 Å². The average molecular weight is 328 g/mol. The molecule has 6 nitrogen and oxygen atoms in total. The predicted octanol–water partition coefficient (Wildman–Crippen LogP) is 2.39. The Morgan fingerprint density at radius 2 is 2.05 bits per heavy atom. The van der Waals surface area contributed by atoms with Gasteiger partial charge in [0.25, 0.3) is 10.0 Å². The van der Waals surface area contributed by atoms with Crippen LogP contribution in [0.5, 0.6) is 0 Å². The molecule has 0 aliphatic carbocycles. The van der Waals surface area contributed by atoms with Gasteiger partial charge in [-0.25, -0.2) is 8.42 Å². The largest absolute Gasteiger partial charge is 0.295 e. The molecule has 2 rings (SSSR count). The van der Waals surface area contributed by atoms with Crippen molar-refractivity contribution < 1.29 is 13.2 Å². The van der Waals surface area contributed by atoms with Crippen LogP contribution < -0.4 is 4.72 Å². The van der Waals surface area contributed by atoms with Gasteiger partial charge in [0, 0.05) is 18.3 Å². The summed E-state index contributed by atoms with van der Waals surface area (Å²) in [5, 5.41) is 4.01. The Bertz CT molecular complexity index is 812. The Labute approximate surface area is 127 Å². The highest BCUT2D eigenvalue weighted by Crippen LogP contribution is 2.26. The van der Waals surface area contributed by atoms with Crippen molar-refractivity contribution >= 4 is 33.1 Å². The number of anilines is 1. The van der Waals surface area contributed by atoms with Crippen LogP contribution in [0, 0.1) is 6.92 Å². The van der Waals surface area contributed by atoms with Gasteiger partial charge in [0.15, 0.2) is 5.78 Å². The van der Waals surface area contributed by atoms with Crippen molar-refractivity contribution in [2.75, 3.05) is 4.72 Å². The molecule has 0 radical (unpaired) electrons. The van der Waals surface area contributed by atoms with Crippen LogP contribution in [0.2, 0.25) is 5.15 Å². The first-order chi connectivity index (χ1) is 9.72. The Kier molecular flexibility index (Phi) is 4.06. The van der Waals surface area contributed by atoms with Crippen molar-refractivity contribution in [2.24, 2.45) is 7.05 Å². The second kappa shape index (κ2) is 5.50. The molecular formula is C13H14ClN3O3S. The average Bonchev–Trinajstić information content (AvgIpc) is 2.63. The van der Waals surface area contributed by atoms with E-state index in [0.29, 0.717) is 16.9 Å². The molecule has 0 fully saturated rings. The fourth-order valence-corrected chi connectivity index (χ4v) is 3.73. The highest BCUT2D eigenvalue weighted by molar-refractivity contribution is 7.92. The van der Waals surface area contributed by atoms with Gasteiger partial charge >= 0.3 is 0 Å². The fourth-order valence-electron chi connectivity index (χ4n) is 1.92. The molecule has 1 aromatic heterocycles. The SMILES string of the molecule is CC(=O)c1cccc(NS(=O)(=O)c2c(C)nn(C)c2Cl)c1. The lowest BCUT2D eigenvalue weighted by Gasteiger charge is -2.08. The molecule has 0 atom stereocenters. The van der Waals surface area contributed by atoms with E-state index in [4.69, 9.17) is 11.6 Å². The van der Waals surface area contributed by atoms with Crippen LogP contribution in [-0.4, -0.2) is 24.0 Å². The second-order valence-electron chi connectivity index (χ2n) is 4.57. The van der Waals surface area contributed by atoms with Gasteiger partial charge in [-0.05, 0) is 26.0 Å². The first kappa shape index (κ1) is 15.5. The number of benzene rings is 1. The second-order valence-corrected chi connectivity index (χ2v) is 6.55. The minimum atomic E-state index is -3.87. The molecule has 0 saturated heterocycles. The van der Waals surface area contributed by atoms with E-state index in [1.54, 1.807) is 32.2 Å². The summed E-state index contributed by atoms with van der Waals surface area (Å²) < 4.78 is 28.5. The number of carbonyl (C=O) groups excluding carboxylic acids is 1. The Hall–Kier alpha value is -1.86. The Morgan fingerprint density at radius 3 is 2.57 bits per heavy atom. The maximum absolute atomic E-state index is 12.4. The summed E-state index contributed by atoms with van der Waals surface area (Å²) in [5.74, 6) is -0.147. The zero-order valence-corrected chi connectivity index (χ0v) is 13.3. The molecule has 1 heterocycles. The zero-order chi connectivity index (χ0) is 15.8. The van der Waals surface area contributed by atoms with Crippen LogP contribution in [0.25, 0.3) is 0 Å². The number of sulfonamides is 1. The smallest absolute Gasteiger partial charge is 0.266 e. The number of rotatable bonds is 4. The van der Waals surface area contributed by atoms with Crippen molar-refractivity contribution in [3.05, 3.63) is 40.7 Å². The van der Waals surface area contributed by atoms with E-state index in [0.717, 1.165) is 0 Å². The van der Waals surface area contributed by atoms with Crippen LogP contribution >= 0.6 is 11.6 Å². The number of nitrogens with one attached hydrogen (secondary N) is 1. The summed E-state index contributed by atoms with van der Waals surface area (Å²) in [6, 6.07) is 6.25. The molecule has 0 spiro atoms.